The maximum Gasteiger partial charge on any atom is 0.335 e. The van der Waals surface area contributed by atoms with Crippen molar-refractivity contribution < 1.29 is 26.7 Å². The summed E-state index contributed by atoms with van der Waals surface area (Å²) in [5, 5.41) is 9.97. The molecule has 0 aliphatic carbocycles. The Hall–Kier alpha value is -2.43. The zero-order chi connectivity index (χ0) is 21.6. The molecule has 0 amide bonds. The fraction of sp³-hybridized carbons (Fsp3) is 0.211. The normalized spacial score (nSPS) is 12.2. The summed E-state index contributed by atoms with van der Waals surface area (Å²) in [6, 6.07) is 8.93. The summed E-state index contributed by atoms with van der Waals surface area (Å²) in [5.74, 6) is -1.60. The highest BCUT2D eigenvalue weighted by molar-refractivity contribution is 7.95. The van der Waals surface area contributed by atoms with E-state index < -0.39 is 25.8 Å². The minimum atomic E-state index is -4.09. The van der Waals surface area contributed by atoms with E-state index in [1.165, 1.54) is 6.92 Å². The van der Waals surface area contributed by atoms with Crippen molar-refractivity contribution >= 4 is 52.9 Å². The molecular formula is C19H19NO6S3. The molecule has 1 heterocycles. The SMILES string of the molecule is CCS(=O)(=O)c1cc(C(=O)O)ccc1NS(=O)(=O)c1sc2ccc(C)cc2c1C. The van der Waals surface area contributed by atoms with Gasteiger partial charge in [0.2, 0.25) is 0 Å². The van der Waals surface area contributed by atoms with Crippen LogP contribution in [-0.4, -0.2) is 33.7 Å². The van der Waals surface area contributed by atoms with Crippen molar-refractivity contribution in [2.75, 3.05) is 10.5 Å². The van der Waals surface area contributed by atoms with Crippen molar-refractivity contribution in [3.63, 3.8) is 0 Å². The molecule has 0 spiro atoms. The zero-order valence-electron chi connectivity index (χ0n) is 15.9. The number of thiophene rings is 1. The molecule has 0 saturated carbocycles. The number of anilines is 1. The Labute approximate surface area is 173 Å². The van der Waals surface area contributed by atoms with Crippen molar-refractivity contribution in [1.29, 1.82) is 0 Å². The fourth-order valence-corrected chi connectivity index (χ4v) is 6.88. The van der Waals surface area contributed by atoms with Crippen molar-refractivity contribution in [3.8, 4) is 0 Å². The van der Waals surface area contributed by atoms with Crippen LogP contribution in [0.3, 0.4) is 0 Å². The van der Waals surface area contributed by atoms with Crippen LogP contribution in [0, 0.1) is 13.8 Å². The highest BCUT2D eigenvalue weighted by Gasteiger charge is 2.26. The third-order valence-electron chi connectivity index (χ3n) is 4.48. The Morgan fingerprint density at radius 3 is 2.38 bits per heavy atom. The van der Waals surface area contributed by atoms with E-state index in [-0.39, 0.29) is 26.1 Å². The Morgan fingerprint density at radius 1 is 1.07 bits per heavy atom. The lowest BCUT2D eigenvalue weighted by Gasteiger charge is -2.13. The van der Waals surface area contributed by atoms with Gasteiger partial charge in [-0.3, -0.25) is 4.72 Å². The van der Waals surface area contributed by atoms with E-state index in [2.05, 4.69) is 4.72 Å². The lowest BCUT2D eigenvalue weighted by Crippen LogP contribution is -2.16. The largest absolute Gasteiger partial charge is 0.478 e. The number of nitrogens with one attached hydrogen (secondary N) is 1. The molecule has 0 saturated heterocycles. The molecule has 0 bridgehead atoms. The molecule has 10 heteroatoms. The number of sulfonamides is 1. The van der Waals surface area contributed by atoms with Crippen molar-refractivity contribution in [2.24, 2.45) is 0 Å². The summed E-state index contributed by atoms with van der Waals surface area (Å²) >= 11 is 1.09. The number of fused-ring (bicyclic) bond motifs is 1. The number of hydrogen-bond donors (Lipinski definition) is 2. The monoisotopic (exact) mass is 453 g/mol. The highest BCUT2D eigenvalue weighted by atomic mass is 32.2. The van der Waals surface area contributed by atoms with E-state index in [1.54, 1.807) is 6.92 Å². The lowest BCUT2D eigenvalue weighted by molar-refractivity contribution is 0.0696. The van der Waals surface area contributed by atoms with Crippen LogP contribution in [0.25, 0.3) is 10.1 Å². The van der Waals surface area contributed by atoms with Crippen LogP contribution in [0.1, 0.15) is 28.4 Å². The van der Waals surface area contributed by atoms with Gasteiger partial charge in [-0.15, -0.1) is 11.3 Å². The van der Waals surface area contributed by atoms with Crippen LogP contribution in [-0.2, 0) is 19.9 Å². The van der Waals surface area contributed by atoms with Gasteiger partial charge in [0, 0.05) is 4.70 Å². The van der Waals surface area contributed by atoms with E-state index in [1.807, 2.05) is 25.1 Å². The first kappa shape index (κ1) is 21.3. The summed E-state index contributed by atoms with van der Waals surface area (Å²) in [6.07, 6.45) is 0. The van der Waals surface area contributed by atoms with Gasteiger partial charge in [-0.25, -0.2) is 21.6 Å². The molecule has 0 aliphatic heterocycles. The number of aromatic carboxylic acids is 1. The zero-order valence-corrected chi connectivity index (χ0v) is 18.3. The quantitative estimate of drug-likeness (QED) is 0.586. The van der Waals surface area contributed by atoms with E-state index >= 15 is 0 Å². The number of carboxylic acid groups (broad SMARTS) is 1. The molecule has 0 radical (unpaired) electrons. The van der Waals surface area contributed by atoms with Gasteiger partial charge in [-0.2, -0.15) is 0 Å². The van der Waals surface area contributed by atoms with E-state index in [9.17, 15) is 21.6 Å². The third kappa shape index (κ3) is 4.00. The average molecular weight is 454 g/mol. The minimum absolute atomic E-state index is 0.0836. The Morgan fingerprint density at radius 2 is 1.76 bits per heavy atom. The maximum atomic E-state index is 13.1. The lowest BCUT2D eigenvalue weighted by atomic mass is 10.1. The van der Waals surface area contributed by atoms with Gasteiger partial charge >= 0.3 is 5.97 Å². The first-order valence-electron chi connectivity index (χ1n) is 8.59. The van der Waals surface area contributed by atoms with Gasteiger partial charge in [0.1, 0.15) is 4.21 Å². The molecule has 2 N–H and O–H groups in total. The van der Waals surface area contributed by atoms with Gasteiger partial charge in [0.05, 0.1) is 21.9 Å². The molecule has 0 fully saturated rings. The van der Waals surface area contributed by atoms with Crippen LogP contribution < -0.4 is 4.72 Å². The molecule has 0 atom stereocenters. The van der Waals surface area contributed by atoms with Crippen molar-refractivity contribution in [3.05, 3.63) is 53.1 Å². The molecule has 0 unspecified atom stereocenters. The van der Waals surface area contributed by atoms with Crippen LogP contribution in [0.15, 0.2) is 45.5 Å². The van der Waals surface area contributed by atoms with Crippen LogP contribution in [0.4, 0.5) is 5.69 Å². The van der Waals surface area contributed by atoms with Gasteiger partial charge in [-0.05, 0) is 49.1 Å². The van der Waals surface area contributed by atoms with Crippen molar-refractivity contribution in [1.82, 2.24) is 0 Å². The Kier molecular flexibility index (Phi) is 5.46. The predicted molar refractivity (Wildman–Crippen MR) is 113 cm³/mol. The van der Waals surface area contributed by atoms with Crippen molar-refractivity contribution in [2.45, 2.75) is 29.9 Å². The third-order valence-corrected chi connectivity index (χ3v) is 9.51. The first-order chi connectivity index (χ1) is 13.5. The number of aryl methyl sites for hydroxylation is 2. The number of carbonyl (C=O) groups is 1. The smallest absolute Gasteiger partial charge is 0.335 e. The van der Waals surface area contributed by atoms with Gasteiger partial charge in [0.15, 0.2) is 9.84 Å². The molecule has 0 aliphatic rings. The summed E-state index contributed by atoms with van der Waals surface area (Å²) < 4.78 is 54.2. The molecule has 2 aromatic carbocycles. The highest BCUT2D eigenvalue weighted by Crippen LogP contribution is 2.36. The Bertz CT molecular complexity index is 1340. The first-order valence-corrected chi connectivity index (χ1v) is 12.5. The number of hydrogen-bond acceptors (Lipinski definition) is 6. The van der Waals surface area contributed by atoms with Gasteiger partial charge in [-0.1, -0.05) is 24.6 Å². The second-order valence-electron chi connectivity index (χ2n) is 6.54. The number of sulfone groups is 1. The fourth-order valence-electron chi connectivity index (χ4n) is 2.91. The summed E-state index contributed by atoms with van der Waals surface area (Å²) in [4.78, 5) is 10.9. The standard InChI is InChI=1S/C19H19NO6S3/c1-4-28(23,24)17-10-13(18(21)22)6-7-15(17)20-29(25,26)19-12(3)14-9-11(2)5-8-16(14)27-19/h5-10,20H,4H2,1-3H3,(H,21,22). The van der Waals surface area contributed by atoms with Crippen LogP contribution in [0.2, 0.25) is 0 Å². The second kappa shape index (κ2) is 7.43. The number of rotatable bonds is 6. The number of benzene rings is 2. The molecule has 1 aromatic heterocycles. The van der Waals surface area contributed by atoms with E-state index in [0.29, 0.717) is 5.56 Å². The predicted octanol–water partition coefficient (Wildman–Crippen LogP) is 3.81. The second-order valence-corrected chi connectivity index (χ2v) is 11.7. The molecule has 3 aromatic rings. The summed E-state index contributed by atoms with van der Waals surface area (Å²) in [5.41, 5.74) is 1.15. The topological polar surface area (TPSA) is 118 Å². The molecular weight excluding hydrogens is 434 g/mol. The summed E-state index contributed by atoms with van der Waals surface area (Å²) in [7, 11) is -7.95. The minimum Gasteiger partial charge on any atom is -0.478 e. The Balaban J connectivity index is 2.14. The molecule has 3 rings (SSSR count). The van der Waals surface area contributed by atoms with E-state index in [4.69, 9.17) is 5.11 Å². The molecule has 154 valence electrons. The van der Waals surface area contributed by atoms with Gasteiger partial charge < -0.3 is 5.11 Å². The average Bonchev–Trinajstić information content (AvgIpc) is 2.98. The van der Waals surface area contributed by atoms with Crippen LogP contribution in [0.5, 0.6) is 0 Å². The molecule has 7 nitrogen and oxygen atoms in total. The summed E-state index contributed by atoms with van der Waals surface area (Å²) in [6.45, 7) is 5.01. The van der Waals surface area contributed by atoms with Gasteiger partial charge in [0.25, 0.3) is 10.0 Å². The van der Waals surface area contributed by atoms with E-state index in [0.717, 1.165) is 45.2 Å². The van der Waals surface area contributed by atoms with Crippen LogP contribution >= 0.6 is 11.3 Å². The maximum absolute atomic E-state index is 13.1. The molecule has 29 heavy (non-hydrogen) atoms. The number of carboxylic acids is 1.